The number of nitrogens with zero attached hydrogens (tertiary/aromatic N) is 2. The van der Waals surface area contributed by atoms with E-state index in [0.29, 0.717) is 0 Å². The summed E-state index contributed by atoms with van der Waals surface area (Å²) in [6.07, 6.45) is 1.99. The van der Waals surface area contributed by atoms with Crippen LogP contribution in [0.15, 0.2) is 10.4 Å². The SMILES string of the molecule is Cc1ncc(SCCN2CCNCC2)s1. The maximum Gasteiger partial charge on any atom is 0.0905 e. The van der Waals surface area contributed by atoms with E-state index in [0.717, 1.165) is 13.1 Å². The molecule has 5 heteroatoms. The number of nitrogens with one attached hydrogen (secondary N) is 1. The Morgan fingerprint density at radius 3 is 3.00 bits per heavy atom. The third kappa shape index (κ3) is 3.75. The summed E-state index contributed by atoms with van der Waals surface area (Å²) in [5.74, 6) is 1.18. The lowest BCUT2D eigenvalue weighted by atomic mass is 10.4. The van der Waals surface area contributed by atoms with E-state index in [4.69, 9.17) is 0 Å². The van der Waals surface area contributed by atoms with Gasteiger partial charge in [-0.3, -0.25) is 4.90 Å². The molecule has 0 spiro atoms. The molecule has 1 aliphatic rings. The lowest BCUT2D eigenvalue weighted by Crippen LogP contribution is -2.44. The topological polar surface area (TPSA) is 28.2 Å². The van der Waals surface area contributed by atoms with Gasteiger partial charge in [0.2, 0.25) is 0 Å². The van der Waals surface area contributed by atoms with Crippen molar-refractivity contribution in [2.24, 2.45) is 0 Å². The molecule has 0 aliphatic carbocycles. The molecular formula is C10H17N3S2. The van der Waals surface area contributed by atoms with Crippen LogP contribution in [0.3, 0.4) is 0 Å². The molecule has 1 fully saturated rings. The van der Waals surface area contributed by atoms with Gasteiger partial charge in [-0.2, -0.15) is 0 Å². The van der Waals surface area contributed by atoms with Gasteiger partial charge >= 0.3 is 0 Å². The quantitative estimate of drug-likeness (QED) is 0.810. The molecule has 1 N–H and O–H groups in total. The fraction of sp³-hybridized carbons (Fsp3) is 0.700. The number of hydrogen-bond acceptors (Lipinski definition) is 5. The second kappa shape index (κ2) is 5.84. The maximum atomic E-state index is 4.26. The van der Waals surface area contributed by atoms with Gasteiger partial charge in [0.15, 0.2) is 0 Å². The molecule has 1 aliphatic heterocycles. The Balaban J connectivity index is 1.65. The van der Waals surface area contributed by atoms with Crippen molar-refractivity contribution in [2.75, 3.05) is 38.5 Å². The predicted molar refractivity (Wildman–Crippen MR) is 66.9 cm³/mol. The summed E-state index contributed by atoms with van der Waals surface area (Å²) in [6, 6.07) is 0. The van der Waals surface area contributed by atoms with Crippen LogP contribution in [0.25, 0.3) is 0 Å². The van der Waals surface area contributed by atoms with E-state index in [1.165, 1.54) is 34.6 Å². The number of thiazole rings is 1. The van der Waals surface area contributed by atoms with E-state index < -0.39 is 0 Å². The second-order valence-corrected chi connectivity index (χ2v) is 6.27. The first kappa shape index (κ1) is 11.4. The number of piperazine rings is 1. The minimum Gasteiger partial charge on any atom is -0.314 e. The zero-order chi connectivity index (χ0) is 10.5. The molecule has 0 saturated carbocycles. The van der Waals surface area contributed by atoms with Gasteiger partial charge in [-0.1, -0.05) is 0 Å². The summed E-state index contributed by atoms with van der Waals surface area (Å²) in [7, 11) is 0. The summed E-state index contributed by atoms with van der Waals surface area (Å²) < 4.78 is 1.35. The van der Waals surface area contributed by atoms with E-state index in [1.807, 2.05) is 18.0 Å². The van der Waals surface area contributed by atoms with E-state index in [2.05, 4.69) is 22.1 Å². The summed E-state index contributed by atoms with van der Waals surface area (Å²) in [5, 5.41) is 4.54. The Kier molecular flexibility index (Phi) is 4.43. The minimum atomic E-state index is 1.14. The van der Waals surface area contributed by atoms with Gasteiger partial charge in [0, 0.05) is 38.5 Å². The highest BCUT2D eigenvalue weighted by atomic mass is 32.2. The zero-order valence-corrected chi connectivity index (χ0v) is 10.7. The van der Waals surface area contributed by atoms with Crippen molar-refractivity contribution < 1.29 is 0 Å². The molecule has 15 heavy (non-hydrogen) atoms. The molecule has 0 atom stereocenters. The van der Waals surface area contributed by atoms with Crippen molar-refractivity contribution in [3.05, 3.63) is 11.2 Å². The molecule has 2 rings (SSSR count). The molecule has 0 unspecified atom stereocenters. The Bertz CT molecular complexity index is 295. The van der Waals surface area contributed by atoms with Gasteiger partial charge < -0.3 is 5.32 Å². The lowest BCUT2D eigenvalue weighted by molar-refractivity contribution is 0.255. The van der Waals surface area contributed by atoms with Crippen LogP contribution < -0.4 is 5.32 Å². The number of hydrogen-bond donors (Lipinski definition) is 1. The van der Waals surface area contributed by atoms with Gasteiger partial charge in [-0.15, -0.1) is 23.1 Å². The molecule has 84 valence electrons. The number of aryl methyl sites for hydroxylation is 1. The van der Waals surface area contributed by atoms with Crippen LogP contribution in [0.4, 0.5) is 0 Å². The Labute approximate surface area is 99.3 Å². The third-order valence-electron chi connectivity index (χ3n) is 2.46. The van der Waals surface area contributed by atoms with E-state index in [9.17, 15) is 0 Å². The Morgan fingerprint density at radius 1 is 1.53 bits per heavy atom. The van der Waals surface area contributed by atoms with Crippen molar-refractivity contribution in [3.63, 3.8) is 0 Å². The van der Waals surface area contributed by atoms with Crippen molar-refractivity contribution in [3.8, 4) is 0 Å². The van der Waals surface area contributed by atoms with Crippen molar-refractivity contribution in [1.82, 2.24) is 15.2 Å². The van der Waals surface area contributed by atoms with E-state index >= 15 is 0 Å². The number of rotatable bonds is 4. The standard InChI is InChI=1S/C10H17N3S2/c1-9-12-8-10(15-9)14-7-6-13-4-2-11-3-5-13/h8,11H,2-7H2,1H3. The molecule has 0 aromatic carbocycles. The van der Waals surface area contributed by atoms with Crippen molar-refractivity contribution in [2.45, 2.75) is 11.1 Å². The fourth-order valence-corrected chi connectivity index (χ4v) is 3.65. The molecule has 1 saturated heterocycles. The minimum absolute atomic E-state index is 1.14. The van der Waals surface area contributed by atoms with Crippen LogP contribution in [0.2, 0.25) is 0 Å². The van der Waals surface area contributed by atoms with Gasteiger partial charge in [-0.25, -0.2) is 4.98 Å². The van der Waals surface area contributed by atoms with Crippen molar-refractivity contribution in [1.29, 1.82) is 0 Å². The zero-order valence-electron chi connectivity index (χ0n) is 9.03. The summed E-state index contributed by atoms with van der Waals surface area (Å²) in [6.45, 7) is 7.94. The molecule has 3 nitrogen and oxygen atoms in total. The normalized spacial score (nSPS) is 18.2. The third-order valence-corrected chi connectivity index (χ3v) is 4.55. The first-order valence-corrected chi connectivity index (χ1v) is 7.13. The monoisotopic (exact) mass is 243 g/mol. The van der Waals surface area contributed by atoms with Crippen LogP contribution in [0, 0.1) is 6.92 Å². The fourth-order valence-electron chi connectivity index (χ4n) is 1.62. The largest absolute Gasteiger partial charge is 0.314 e. The van der Waals surface area contributed by atoms with Crippen LogP contribution in [-0.4, -0.2) is 48.4 Å². The van der Waals surface area contributed by atoms with Gasteiger partial charge in [-0.05, 0) is 6.92 Å². The summed E-state index contributed by atoms with van der Waals surface area (Å²) in [4.78, 5) is 6.78. The molecule has 0 amide bonds. The predicted octanol–water partition coefficient (Wildman–Crippen LogP) is 1.45. The number of aromatic nitrogens is 1. The first-order valence-electron chi connectivity index (χ1n) is 5.33. The Hall–Kier alpha value is -0.100. The highest BCUT2D eigenvalue weighted by Gasteiger charge is 2.08. The van der Waals surface area contributed by atoms with Gasteiger partial charge in [0.1, 0.15) is 0 Å². The molecule has 0 bridgehead atoms. The summed E-state index contributed by atoms with van der Waals surface area (Å²) >= 11 is 3.72. The maximum absolute atomic E-state index is 4.26. The molecule has 1 aromatic rings. The van der Waals surface area contributed by atoms with Crippen molar-refractivity contribution >= 4 is 23.1 Å². The highest BCUT2D eigenvalue weighted by Crippen LogP contribution is 2.24. The smallest absolute Gasteiger partial charge is 0.0905 e. The molecular weight excluding hydrogens is 226 g/mol. The highest BCUT2D eigenvalue weighted by molar-refractivity contribution is 8.01. The van der Waals surface area contributed by atoms with Gasteiger partial charge in [0.25, 0.3) is 0 Å². The van der Waals surface area contributed by atoms with E-state index in [1.54, 1.807) is 11.3 Å². The van der Waals surface area contributed by atoms with Crippen LogP contribution in [0.1, 0.15) is 5.01 Å². The lowest BCUT2D eigenvalue weighted by Gasteiger charge is -2.26. The van der Waals surface area contributed by atoms with Crippen LogP contribution in [-0.2, 0) is 0 Å². The van der Waals surface area contributed by atoms with E-state index in [-0.39, 0.29) is 0 Å². The molecule has 1 aromatic heterocycles. The molecule has 0 radical (unpaired) electrons. The summed E-state index contributed by atoms with van der Waals surface area (Å²) in [5.41, 5.74) is 0. The average molecular weight is 243 g/mol. The van der Waals surface area contributed by atoms with Crippen LogP contribution in [0.5, 0.6) is 0 Å². The Morgan fingerprint density at radius 2 is 2.33 bits per heavy atom. The first-order chi connectivity index (χ1) is 7.34. The van der Waals surface area contributed by atoms with Gasteiger partial charge in [0.05, 0.1) is 15.4 Å². The number of thioether (sulfide) groups is 1. The average Bonchev–Trinajstić information content (AvgIpc) is 2.66. The molecule has 2 heterocycles. The van der Waals surface area contributed by atoms with Crippen LogP contribution >= 0.6 is 23.1 Å². The second-order valence-electron chi connectivity index (χ2n) is 3.64.